The molecule has 3 rings (SSSR count). The Kier molecular flexibility index (Phi) is 3.32. The van der Waals surface area contributed by atoms with E-state index in [0.717, 1.165) is 17.4 Å². The minimum Gasteiger partial charge on any atom is -0.487 e. The Labute approximate surface area is 122 Å². The second-order valence-corrected chi connectivity index (χ2v) is 5.92. The van der Waals surface area contributed by atoms with Crippen molar-refractivity contribution in [1.29, 1.82) is 0 Å². The van der Waals surface area contributed by atoms with Crippen molar-refractivity contribution in [3.63, 3.8) is 0 Å². The number of benzene rings is 2. The van der Waals surface area contributed by atoms with Gasteiger partial charge in [0.25, 0.3) is 0 Å². The van der Waals surface area contributed by atoms with Crippen molar-refractivity contribution in [2.75, 3.05) is 5.32 Å². The molecule has 21 heavy (non-hydrogen) atoms. The SMILES string of the molecule is CC1(C)CC(Nc2ccc(F)cc2F)c2ccccc2O1. The largest absolute Gasteiger partial charge is 0.487 e. The number of hydrogen-bond acceptors (Lipinski definition) is 2. The maximum Gasteiger partial charge on any atom is 0.149 e. The predicted molar refractivity (Wildman–Crippen MR) is 78.5 cm³/mol. The molecule has 2 nitrogen and oxygen atoms in total. The van der Waals surface area contributed by atoms with E-state index in [1.165, 1.54) is 12.1 Å². The predicted octanol–water partition coefficient (Wildman–Crippen LogP) is 4.68. The highest BCUT2D eigenvalue weighted by molar-refractivity contribution is 5.50. The third-order valence-electron chi connectivity index (χ3n) is 3.64. The lowest BCUT2D eigenvalue weighted by Crippen LogP contribution is -2.37. The molecular weight excluding hydrogens is 272 g/mol. The topological polar surface area (TPSA) is 21.3 Å². The first-order valence-corrected chi connectivity index (χ1v) is 6.94. The van der Waals surface area contributed by atoms with Crippen LogP contribution in [0.3, 0.4) is 0 Å². The van der Waals surface area contributed by atoms with E-state index in [9.17, 15) is 8.78 Å². The molecule has 0 fully saturated rings. The zero-order valence-electron chi connectivity index (χ0n) is 12.0. The van der Waals surface area contributed by atoms with E-state index in [1.807, 2.05) is 38.1 Å². The first kappa shape index (κ1) is 13.9. The highest BCUT2D eigenvalue weighted by Crippen LogP contribution is 2.41. The summed E-state index contributed by atoms with van der Waals surface area (Å²) in [6.07, 6.45) is 0.695. The number of halogens is 2. The summed E-state index contributed by atoms with van der Waals surface area (Å²) in [6.45, 7) is 4.00. The van der Waals surface area contributed by atoms with Crippen molar-refractivity contribution in [2.45, 2.75) is 31.9 Å². The van der Waals surface area contributed by atoms with Crippen molar-refractivity contribution in [2.24, 2.45) is 0 Å². The van der Waals surface area contributed by atoms with Crippen molar-refractivity contribution in [3.05, 3.63) is 59.7 Å². The van der Waals surface area contributed by atoms with Gasteiger partial charge in [0.15, 0.2) is 0 Å². The molecule has 1 aliphatic heterocycles. The number of rotatable bonds is 2. The van der Waals surface area contributed by atoms with E-state index in [-0.39, 0.29) is 11.6 Å². The van der Waals surface area contributed by atoms with Gasteiger partial charge in [-0.1, -0.05) is 18.2 Å². The summed E-state index contributed by atoms with van der Waals surface area (Å²) in [5.74, 6) is -0.365. The van der Waals surface area contributed by atoms with Crippen LogP contribution in [-0.4, -0.2) is 5.60 Å². The van der Waals surface area contributed by atoms with E-state index in [0.29, 0.717) is 12.1 Å². The van der Waals surface area contributed by atoms with Gasteiger partial charge in [0.2, 0.25) is 0 Å². The van der Waals surface area contributed by atoms with Crippen LogP contribution in [0.15, 0.2) is 42.5 Å². The van der Waals surface area contributed by atoms with Crippen LogP contribution in [0.2, 0.25) is 0 Å². The summed E-state index contributed by atoms with van der Waals surface area (Å²) < 4.78 is 32.8. The minimum atomic E-state index is -0.586. The first-order valence-electron chi connectivity index (χ1n) is 6.94. The van der Waals surface area contributed by atoms with Crippen LogP contribution in [0.4, 0.5) is 14.5 Å². The molecule has 0 bridgehead atoms. The fourth-order valence-corrected chi connectivity index (χ4v) is 2.73. The van der Waals surface area contributed by atoms with E-state index in [1.54, 1.807) is 0 Å². The fourth-order valence-electron chi connectivity index (χ4n) is 2.73. The number of hydrogen-bond donors (Lipinski definition) is 1. The smallest absolute Gasteiger partial charge is 0.149 e. The molecule has 4 heteroatoms. The van der Waals surface area contributed by atoms with Gasteiger partial charge in [-0.25, -0.2) is 8.78 Å². The third-order valence-corrected chi connectivity index (χ3v) is 3.64. The van der Waals surface area contributed by atoms with E-state index >= 15 is 0 Å². The Bertz CT molecular complexity index is 670. The number of nitrogens with one attached hydrogen (secondary N) is 1. The van der Waals surface area contributed by atoms with Crippen molar-refractivity contribution in [1.82, 2.24) is 0 Å². The maximum absolute atomic E-state index is 13.8. The Morgan fingerprint density at radius 1 is 1.14 bits per heavy atom. The Morgan fingerprint density at radius 2 is 1.90 bits per heavy atom. The molecule has 1 N–H and O–H groups in total. The number of fused-ring (bicyclic) bond motifs is 1. The molecule has 1 unspecified atom stereocenters. The summed E-state index contributed by atoms with van der Waals surface area (Å²) in [7, 11) is 0. The summed E-state index contributed by atoms with van der Waals surface area (Å²) in [5, 5.41) is 3.17. The van der Waals surface area contributed by atoms with Gasteiger partial charge >= 0.3 is 0 Å². The Balaban J connectivity index is 1.94. The molecule has 2 aromatic rings. The lowest BCUT2D eigenvalue weighted by atomic mass is 9.89. The molecule has 1 atom stereocenters. The van der Waals surface area contributed by atoms with Crippen LogP contribution in [0, 0.1) is 11.6 Å². The third kappa shape index (κ3) is 2.84. The first-order chi connectivity index (χ1) is 9.94. The summed E-state index contributed by atoms with van der Waals surface area (Å²) in [4.78, 5) is 0. The molecule has 2 aromatic carbocycles. The van der Waals surface area contributed by atoms with Crippen LogP contribution >= 0.6 is 0 Å². The van der Waals surface area contributed by atoms with Crippen LogP contribution in [-0.2, 0) is 0 Å². The van der Waals surface area contributed by atoms with Crippen molar-refractivity contribution >= 4 is 5.69 Å². The molecule has 0 radical (unpaired) electrons. The second-order valence-electron chi connectivity index (χ2n) is 5.92. The van der Waals surface area contributed by atoms with Crippen LogP contribution in [0.1, 0.15) is 31.9 Å². The van der Waals surface area contributed by atoms with Gasteiger partial charge in [-0.3, -0.25) is 0 Å². The zero-order chi connectivity index (χ0) is 15.0. The quantitative estimate of drug-likeness (QED) is 0.866. The molecule has 0 spiro atoms. The molecule has 110 valence electrons. The molecule has 1 heterocycles. The second kappa shape index (κ2) is 5.02. The van der Waals surface area contributed by atoms with Gasteiger partial charge in [0.05, 0.1) is 11.7 Å². The summed E-state index contributed by atoms with van der Waals surface area (Å²) in [5.41, 5.74) is 0.942. The highest BCUT2D eigenvalue weighted by atomic mass is 19.1. The number of anilines is 1. The Morgan fingerprint density at radius 3 is 2.67 bits per heavy atom. The van der Waals surface area contributed by atoms with Gasteiger partial charge < -0.3 is 10.1 Å². The Hall–Kier alpha value is -2.10. The molecule has 0 aromatic heterocycles. The monoisotopic (exact) mass is 289 g/mol. The summed E-state index contributed by atoms with van der Waals surface area (Å²) >= 11 is 0. The fraction of sp³-hybridized carbons (Fsp3) is 0.294. The van der Waals surface area contributed by atoms with Gasteiger partial charge in [-0.15, -0.1) is 0 Å². The number of para-hydroxylation sites is 1. The van der Waals surface area contributed by atoms with E-state index in [2.05, 4.69) is 5.32 Å². The van der Waals surface area contributed by atoms with Gasteiger partial charge in [0.1, 0.15) is 23.0 Å². The standard InChI is InChI=1S/C17H17F2NO/c1-17(2)10-15(12-5-3-4-6-16(12)21-17)20-14-8-7-11(18)9-13(14)19/h3-9,15,20H,10H2,1-2H3. The molecule has 1 aliphatic rings. The molecule has 0 saturated heterocycles. The zero-order valence-corrected chi connectivity index (χ0v) is 12.0. The van der Waals surface area contributed by atoms with E-state index < -0.39 is 11.6 Å². The minimum absolute atomic E-state index is 0.0788. The average Bonchev–Trinajstić information content (AvgIpc) is 2.40. The lowest BCUT2D eigenvalue weighted by Gasteiger charge is -2.38. The normalized spacial score (nSPS) is 19.5. The van der Waals surface area contributed by atoms with Gasteiger partial charge in [-0.05, 0) is 32.0 Å². The molecule has 0 saturated carbocycles. The molecule has 0 aliphatic carbocycles. The van der Waals surface area contributed by atoms with Crippen LogP contribution in [0.5, 0.6) is 5.75 Å². The van der Waals surface area contributed by atoms with Crippen molar-refractivity contribution in [3.8, 4) is 5.75 Å². The highest BCUT2D eigenvalue weighted by Gasteiger charge is 2.33. The van der Waals surface area contributed by atoms with Gasteiger partial charge in [-0.2, -0.15) is 0 Å². The maximum atomic E-state index is 13.8. The molecule has 0 amide bonds. The van der Waals surface area contributed by atoms with E-state index in [4.69, 9.17) is 4.74 Å². The van der Waals surface area contributed by atoms with Crippen LogP contribution < -0.4 is 10.1 Å². The van der Waals surface area contributed by atoms with Gasteiger partial charge in [0, 0.05) is 18.1 Å². The molecular formula is C17H17F2NO. The lowest BCUT2D eigenvalue weighted by molar-refractivity contribution is 0.0758. The van der Waals surface area contributed by atoms with Crippen molar-refractivity contribution < 1.29 is 13.5 Å². The number of ether oxygens (including phenoxy) is 1. The average molecular weight is 289 g/mol. The summed E-state index contributed by atoms with van der Waals surface area (Å²) in [6, 6.07) is 11.2. The van der Waals surface area contributed by atoms with Crippen LogP contribution in [0.25, 0.3) is 0 Å².